The van der Waals surface area contributed by atoms with Gasteiger partial charge in [0.25, 0.3) is 0 Å². The van der Waals surface area contributed by atoms with Crippen molar-refractivity contribution in [3.8, 4) is 5.75 Å². The summed E-state index contributed by atoms with van der Waals surface area (Å²) in [5.74, 6) is 6.06. The van der Waals surface area contributed by atoms with Crippen molar-refractivity contribution >= 4 is 0 Å². The Morgan fingerprint density at radius 1 is 1.19 bits per heavy atom. The molecule has 3 nitrogen and oxygen atoms in total. The summed E-state index contributed by atoms with van der Waals surface area (Å²) in [5, 5.41) is 0. The smallest absolute Gasteiger partial charge is 0.122 e. The van der Waals surface area contributed by atoms with Gasteiger partial charge in [-0.1, -0.05) is 19.9 Å². The van der Waals surface area contributed by atoms with Gasteiger partial charge in [-0.3, -0.25) is 0 Å². The van der Waals surface area contributed by atoms with Crippen molar-refractivity contribution in [2.24, 2.45) is 5.90 Å². The lowest BCUT2D eigenvalue weighted by Crippen LogP contribution is -2.27. The number of methoxy groups -OCH3 is 1. The lowest BCUT2D eigenvalue weighted by molar-refractivity contribution is 0.0954. The van der Waals surface area contributed by atoms with E-state index in [-0.39, 0.29) is 5.41 Å². The van der Waals surface area contributed by atoms with Gasteiger partial charge in [0.1, 0.15) is 5.75 Å². The molecule has 0 aromatic heterocycles. The van der Waals surface area contributed by atoms with Crippen molar-refractivity contribution < 1.29 is 9.57 Å². The van der Waals surface area contributed by atoms with E-state index in [2.05, 4.69) is 39.8 Å². The van der Waals surface area contributed by atoms with Crippen LogP contribution in [-0.4, -0.2) is 13.7 Å². The number of nitrogens with two attached hydrogens (primary N) is 1. The number of hydrogen-bond acceptors (Lipinski definition) is 3. The molecule has 3 heteroatoms. The molecule has 0 atom stereocenters. The van der Waals surface area contributed by atoms with Crippen LogP contribution in [0.3, 0.4) is 0 Å². The van der Waals surface area contributed by atoms with Gasteiger partial charge in [-0.25, -0.2) is 5.90 Å². The summed E-state index contributed by atoms with van der Waals surface area (Å²) >= 11 is 0. The Hall–Kier alpha value is -1.06. The average molecular weight is 223 g/mol. The summed E-state index contributed by atoms with van der Waals surface area (Å²) in [6.07, 6.45) is 0. The molecule has 1 aromatic carbocycles. The number of aryl methyl sites for hydroxylation is 2. The van der Waals surface area contributed by atoms with E-state index in [9.17, 15) is 0 Å². The fourth-order valence-electron chi connectivity index (χ4n) is 1.77. The van der Waals surface area contributed by atoms with E-state index >= 15 is 0 Å². The van der Waals surface area contributed by atoms with Crippen molar-refractivity contribution in [1.29, 1.82) is 0 Å². The molecule has 0 saturated carbocycles. The van der Waals surface area contributed by atoms with Crippen LogP contribution in [0, 0.1) is 13.8 Å². The second kappa shape index (κ2) is 4.85. The molecule has 0 unspecified atom stereocenters. The minimum atomic E-state index is -0.154. The maximum absolute atomic E-state index is 5.42. The molecule has 0 amide bonds. The Morgan fingerprint density at radius 3 is 2.25 bits per heavy atom. The Morgan fingerprint density at radius 2 is 1.75 bits per heavy atom. The highest BCUT2D eigenvalue weighted by Gasteiger charge is 2.25. The Balaban J connectivity index is 3.26. The topological polar surface area (TPSA) is 44.5 Å². The van der Waals surface area contributed by atoms with Crippen LogP contribution < -0.4 is 10.6 Å². The number of ether oxygens (including phenoxy) is 1. The van der Waals surface area contributed by atoms with Gasteiger partial charge in [0.2, 0.25) is 0 Å². The minimum absolute atomic E-state index is 0.154. The first-order valence-corrected chi connectivity index (χ1v) is 5.40. The maximum atomic E-state index is 5.42. The first kappa shape index (κ1) is 13.0. The third-order valence-electron chi connectivity index (χ3n) is 2.99. The van der Waals surface area contributed by atoms with Crippen LogP contribution in [0.15, 0.2) is 12.1 Å². The van der Waals surface area contributed by atoms with Crippen LogP contribution in [0.1, 0.15) is 30.5 Å². The first-order chi connectivity index (χ1) is 7.42. The highest BCUT2D eigenvalue weighted by Crippen LogP contribution is 2.33. The lowest BCUT2D eigenvalue weighted by atomic mass is 9.83. The van der Waals surface area contributed by atoms with Crippen molar-refractivity contribution in [2.45, 2.75) is 33.1 Å². The highest BCUT2D eigenvalue weighted by molar-refractivity contribution is 5.45. The third-order valence-corrected chi connectivity index (χ3v) is 2.99. The Labute approximate surface area is 97.5 Å². The van der Waals surface area contributed by atoms with E-state index in [4.69, 9.17) is 15.5 Å². The predicted molar refractivity (Wildman–Crippen MR) is 65.6 cm³/mol. The minimum Gasteiger partial charge on any atom is -0.496 e. The molecule has 90 valence electrons. The number of rotatable bonds is 4. The van der Waals surface area contributed by atoms with E-state index in [1.165, 1.54) is 11.1 Å². The predicted octanol–water partition coefficient (Wildman–Crippen LogP) is 2.48. The fraction of sp³-hybridized carbons (Fsp3) is 0.538. The molecule has 0 aliphatic carbocycles. The fourth-order valence-corrected chi connectivity index (χ4v) is 1.77. The summed E-state index contributed by atoms with van der Waals surface area (Å²) in [6, 6.07) is 4.20. The van der Waals surface area contributed by atoms with Crippen LogP contribution in [0.2, 0.25) is 0 Å². The molecule has 0 radical (unpaired) electrons. The zero-order valence-corrected chi connectivity index (χ0v) is 10.8. The number of benzene rings is 1. The van der Waals surface area contributed by atoms with Crippen molar-refractivity contribution in [3.63, 3.8) is 0 Å². The first-order valence-electron chi connectivity index (χ1n) is 5.40. The second-order valence-electron chi connectivity index (χ2n) is 4.83. The standard InChI is InChI=1S/C13H21NO2/c1-9-6-11(13(3,4)8-16-14)12(15-5)7-10(9)2/h6-7H,8,14H2,1-5H3. The molecule has 1 aromatic rings. The summed E-state index contributed by atoms with van der Waals surface area (Å²) < 4.78 is 5.42. The zero-order chi connectivity index (χ0) is 12.3. The summed E-state index contributed by atoms with van der Waals surface area (Å²) in [7, 11) is 1.69. The van der Waals surface area contributed by atoms with Gasteiger partial charge in [0, 0.05) is 11.0 Å². The van der Waals surface area contributed by atoms with Gasteiger partial charge >= 0.3 is 0 Å². The molecule has 2 N–H and O–H groups in total. The molecular formula is C13H21NO2. The van der Waals surface area contributed by atoms with E-state index in [1.54, 1.807) is 7.11 Å². The Bertz CT molecular complexity index is 372. The van der Waals surface area contributed by atoms with Crippen molar-refractivity contribution in [1.82, 2.24) is 0 Å². The van der Waals surface area contributed by atoms with Gasteiger partial charge < -0.3 is 9.57 Å². The van der Waals surface area contributed by atoms with E-state index < -0.39 is 0 Å². The van der Waals surface area contributed by atoms with Crippen LogP contribution >= 0.6 is 0 Å². The van der Waals surface area contributed by atoms with Gasteiger partial charge in [0.05, 0.1) is 13.7 Å². The van der Waals surface area contributed by atoms with Gasteiger partial charge in [-0.15, -0.1) is 0 Å². The monoisotopic (exact) mass is 223 g/mol. The van der Waals surface area contributed by atoms with E-state index in [0.717, 1.165) is 11.3 Å². The van der Waals surface area contributed by atoms with Crippen LogP contribution in [-0.2, 0) is 10.3 Å². The molecular weight excluding hydrogens is 202 g/mol. The molecule has 0 saturated heterocycles. The van der Waals surface area contributed by atoms with E-state index in [0.29, 0.717) is 6.61 Å². The summed E-state index contributed by atoms with van der Waals surface area (Å²) in [6.45, 7) is 8.82. The van der Waals surface area contributed by atoms with Gasteiger partial charge in [-0.05, 0) is 31.0 Å². The molecule has 0 spiro atoms. The lowest BCUT2D eigenvalue weighted by Gasteiger charge is -2.26. The van der Waals surface area contributed by atoms with E-state index in [1.807, 2.05) is 0 Å². The van der Waals surface area contributed by atoms with Gasteiger partial charge in [-0.2, -0.15) is 0 Å². The summed E-state index contributed by atoms with van der Waals surface area (Å²) in [4.78, 5) is 4.78. The highest BCUT2D eigenvalue weighted by atomic mass is 16.6. The van der Waals surface area contributed by atoms with Crippen LogP contribution in [0.25, 0.3) is 0 Å². The number of hydrogen-bond donors (Lipinski definition) is 1. The SMILES string of the molecule is COc1cc(C)c(C)cc1C(C)(C)CON. The summed E-state index contributed by atoms with van der Waals surface area (Å²) in [5.41, 5.74) is 3.45. The molecule has 0 bridgehead atoms. The average Bonchev–Trinajstić information content (AvgIpc) is 2.21. The molecule has 0 fully saturated rings. The maximum Gasteiger partial charge on any atom is 0.122 e. The third kappa shape index (κ3) is 2.54. The van der Waals surface area contributed by atoms with Crippen molar-refractivity contribution in [3.05, 3.63) is 28.8 Å². The van der Waals surface area contributed by atoms with Crippen LogP contribution in [0.4, 0.5) is 0 Å². The van der Waals surface area contributed by atoms with Gasteiger partial charge in [0.15, 0.2) is 0 Å². The molecule has 0 heterocycles. The van der Waals surface area contributed by atoms with Crippen molar-refractivity contribution in [2.75, 3.05) is 13.7 Å². The largest absolute Gasteiger partial charge is 0.496 e. The molecule has 0 aliphatic rings. The Kier molecular flexibility index (Phi) is 3.94. The quantitative estimate of drug-likeness (QED) is 0.797. The zero-order valence-electron chi connectivity index (χ0n) is 10.8. The normalized spacial score (nSPS) is 11.6. The molecule has 0 aliphatic heterocycles. The molecule has 16 heavy (non-hydrogen) atoms. The second-order valence-corrected chi connectivity index (χ2v) is 4.83. The molecule has 1 rings (SSSR count). The van der Waals surface area contributed by atoms with Crippen LogP contribution in [0.5, 0.6) is 5.75 Å².